The summed E-state index contributed by atoms with van der Waals surface area (Å²) in [5.41, 5.74) is -0.0861. The van der Waals surface area contributed by atoms with Crippen LogP contribution < -0.4 is 0 Å². The van der Waals surface area contributed by atoms with Gasteiger partial charge in [0.05, 0.1) is 21.6 Å². The molecule has 0 amide bonds. The lowest BCUT2D eigenvalue weighted by Gasteiger charge is -2.05. The fourth-order valence-corrected chi connectivity index (χ4v) is 2.34. The number of nitro benzene ring substituents is 1. The summed E-state index contributed by atoms with van der Waals surface area (Å²) in [7, 11) is -1.46. The first-order chi connectivity index (χ1) is 7.91. The molecule has 1 aromatic rings. The second-order valence-corrected chi connectivity index (χ2v) is 5.00. The molecule has 2 atom stereocenters. The molecule has 1 N–H and O–H groups in total. The van der Waals surface area contributed by atoms with Crippen LogP contribution in [0.2, 0.25) is 0 Å². The van der Waals surface area contributed by atoms with Crippen molar-refractivity contribution in [3.63, 3.8) is 0 Å². The van der Waals surface area contributed by atoms with Crippen LogP contribution in [0.25, 0.3) is 0 Å². The standard InChI is InChI=1S/C10H11NO5S/c1-7(10(12)13)6-17(16)9-4-2-8(3-5-9)11(14)15/h2-5,7H,6H2,1H3,(H,12,13). The van der Waals surface area contributed by atoms with Gasteiger partial charge in [-0.15, -0.1) is 0 Å². The van der Waals surface area contributed by atoms with E-state index in [2.05, 4.69) is 0 Å². The first-order valence-electron chi connectivity index (χ1n) is 4.77. The van der Waals surface area contributed by atoms with Gasteiger partial charge in [-0.2, -0.15) is 0 Å². The Bertz CT molecular complexity index is 456. The third-order valence-corrected chi connectivity index (χ3v) is 3.73. The van der Waals surface area contributed by atoms with Crippen molar-refractivity contribution in [2.24, 2.45) is 5.92 Å². The van der Waals surface area contributed by atoms with Crippen molar-refractivity contribution >= 4 is 22.5 Å². The zero-order chi connectivity index (χ0) is 13.0. The fraction of sp³-hybridized carbons (Fsp3) is 0.300. The van der Waals surface area contributed by atoms with Crippen molar-refractivity contribution in [2.45, 2.75) is 11.8 Å². The zero-order valence-electron chi connectivity index (χ0n) is 9.03. The van der Waals surface area contributed by atoms with Gasteiger partial charge in [-0.3, -0.25) is 19.1 Å². The topological polar surface area (TPSA) is 97.5 Å². The number of nitro groups is 1. The van der Waals surface area contributed by atoms with Crippen LogP contribution in [0.1, 0.15) is 6.92 Å². The van der Waals surface area contributed by atoms with Gasteiger partial charge in [0, 0.05) is 22.8 Å². The highest BCUT2D eigenvalue weighted by molar-refractivity contribution is 7.85. The van der Waals surface area contributed by atoms with E-state index in [-0.39, 0.29) is 11.4 Å². The number of carboxylic acid groups (broad SMARTS) is 1. The summed E-state index contributed by atoms with van der Waals surface area (Å²) in [5.74, 6) is -1.74. The number of aliphatic carboxylic acids is 1. The summed E-state index contributed by atoms with van der Waals surface area (Å²) >= 11 is 0. The lowest BCUT2D eigenvalue weighted by atomic mass is 10.2. The Hall–Kier alpha value is -1.76. The molecular weight excluding hydrogens is 246 g/mol. The molecule has 0 aliphatic carbocycles. The molecule has 0 radical (unpaired) electrons. The van der Waals surface area contributed by atoms with Crippen molar-refractivity contribution in [1.82, 2.24) is 0 Å². The SMILES string of the molecule is CC(CS(=O)c1ccc([N+](=O)[O-])cc1)C(=O)O. The highest BCUT2D eigenvalue weighted by atomic mass is 32.2. The van der Waals surface area contributed by atoms with Gasteiger partial charge in [0.25, 0.3) is 5.69 Å². The molecule has 0 saturated carbocycles. The Morgan fingerprint density at radius 1 is 1.47 bits per heavy atom. The summed E-state index contributed by atoms with van der Waals surface area (Å²) in [6, 6.07) is 5.25. The van der Waals surface area contributed by atoms with Crippen molar-refractivity contribution in [3.05, 3.63) is 34.4 Å². The first-order valence-corrected chi connectivity index (χ1v) is 6.09. The van der Waals surface area contributed by atoms with Gasteiger partial charge in [0.15, 0.2) is 0 Å². The highest BCUT2D eigenvalue weighted by Crippen LogP contribution is 2.16. The Kier molecular flexibility index (Phi) is 4.33. The number of rotatable bonds is 5. The van der Waals surface area contributed by atoms with Gasteiger partial charge in [-0.25, -0.2) is 0 Å². The third-order valence-electron chi connectivity index (χ3n) is 2.13. The molecule has 1 aromatic carbocycles. The molecule has 1 rings (SSSR count). The second kappa shape index (κ2) is 5.53. The summed E-state index contributed by atoms with van der Waals surface area (Å²) in [5, 5.41) is 19.1. The van der Waals surface area contributed by atoms with Crippen molar-refractivity contribution in [2.75, 3.05) is 5.75 Å². The molecule has 0 bridgehead atoms. The first kappa shape index (κ1) is 13.3. The highest BCUT2D eigenvalue weighted by Gasteiger charge is 2.16. The molecule has 0 saturated heterocycles. The summed E-state index contributed by atoms with van der Waals surface area (Å²) in [6.07, 6.45) is 0. The number of non-ortho nitro benzene ring substituents is 1. The molecule has 6 nitrogen and oxygen atoms in total. The predicted octanol–water partition coefficient (Wildman–Crippen LogP) is 1.42. The van der Waals surface area contributed by atoms with E-state index in [1.54, 1.807) is 0 Å². The van der Waals surface area contributed by atoms with Crippen LogP contribution in [-0.4, -0.2) is 26.0 Å². The molecule has 92 valence electrons. The largest absolute Gasteiger partial charge is 0.481 e. The van der Waals surface area contributed by atoms with E-state index in [0.29, 0.717) is 4.90 Å². The van der Waals surface area contributed by atoms with E-state index >= 15 is 0 Å². The number of carbonyl (C=O) groups is 1. The molecule has 0 spiro atoms. The van der Waals surface area contributed by atoms with Gasteiger partial charge in [-0.05, 0) is 12.1 Å². The van der Waals surface area contributed by atoms with E-state index < -0.39 is 27.6 Å². The van der Waals surface area contributed by atoms with E-state index in [9.17, 15) is 19.1 Å². The summed E-state index contributed by atoms with van der Waals surface area (Å²) < 4.78 is 11.7. The van der Waals surface area contributed by atoms with Gasteiger partial charge < -0.3 is 5.11 Å². The number of benzene rings is 1. The molecule has 7 heteroatoms. The molecular formula is C10H11NO5S. The lowest BCUT2D eigenvalue weighted by molar-refractivity contribution is -0.384. The quantitative estimate of drug-likeness (QED) is 0.635. The Balaban J connectivity index is 2.77. The summed E-state index contributed by atoms with van der Waals surface area (Å²) in [4.78, 5) is 20.8. The van der Waals surface area contributed by atoms with E-state index in [1.165, 1.54) is 31.2 Å². The van der Waals surface area contributed by atoms with Crippen molar-refractivity contribution < 1.29 is 19.0 Å². The molecule has 0 aliphatic heterocycles. The summed E-state index contributed by atoms with van der Waals surface area (Å²) in [6.45, 7) is 1.46. The molecule has 0 aliphatic rings. The van der Waals surface area contributed by atoms with Gasteiger partial charge in [0.1, 0.15) is 0 Å². The maximum absolute atomic E-state index is 11.7. The Morgan fingerprint density at radius 3 is 2.41 bits per heavy atom. The monoisotopic (exact) mass is 257 g/mol. The van der Waals surface area contributed by atoms with E-state index in [1.807, 2.05) is 0 Å². The maximum atomic E-state index is 11.7. The zero-order valence-corrected chi connectivity index (χ0v) is 9.85. The van der Waals surface area contributed by atoms with Crippen LogP contribution in [0.15, 0.2) is 29.2 Å². The minimum Gasteiger partial charge on any atom is -0.481 e. The van der Waals surface area contributed by atoms with Crippen LogP contribution in [0.3, 0.4) is 0 Å². The van der Waals surface area contributed by atoms with Crippen LogP contribution in [-0.2, 0) is 15.6 Å². The second-order valence-electron chi connectivity index (χ2n) is 3.50. The number of nitrogens with zero attached hydrogens (tertiary/aromatic N) is 1. The number of hydrogen-bond donors (Lipinski definition) is 1. The molecule has 0 aromatic heterocycles. The average Bonchev–Trinajstić information content (AvgIpc) is 2.28. The van der Waals surface area contributed by atoms with Gasteiger partial charge >= 0.3 is 5.97 Å². The number of carboxylic acids is 1. The van der Waals surface area contributed by atoms with Crippen LogP contribution in [0, 0.1) is 16.0 Å². The molecule has 2 unspecified atom stereocenters. The average molecular weight is 257 g/mol. The van der Waals surface area contributed by atoms with E-state index in [4.69, 9.17) is 5.11 Å². The molecule has 0 heterocycles. The van der Waals surface area contributed by atoms with Crippen LogP contribution in [0.5, 0.6) is 0 Å². The minimum atomic E-state index is -1.46. The fourth-order valence-electron chi connectivity index (χ4n) is 1.11. The van der Waals surface area contributed by atoms with E-state index in [0.717, 1.165) is 0 Å². The number of hydrogen-bond acceptors (Lipinski definition) is 4. The van der Waals surface area contributed by atoms with Gasteiger partial charge in [0.2, 0.25) is 0 Å². The minimum absolute atomic E-state index is 0.00680. The van der Waals surface area contributed by atoms with Crippen molar-refractivity contribution in [1.29, 1.82) is 0 Å². The van der Waals surface area contributed by atoms with Crippen molar-refractivity contribution in [3.8, 4) is 0 Å². The smallest absolute Gasteiger partial charge is 0.307 e. The van der Waals surface area contributed by atoms with Crippen LogP contribution in [0.4, 0.5) is 5.69 Å². The lowest BCUT2D eigenvalue weighted by Crippen LogP contribution is -2.17. The predicted molar refractivity (Wildman–Crippen MR) is 61.2 cm³/mol. The Morgan fingerprint density at radius 2 is 2.00 bits per heavy atom. The molecule has 17 heavy (non-hydrogen) atoms. The normalized spacial score (nSPS) is 13.9. The maximum Gasteiger partial charge on any atom is 0.307 e. The Labute approximate surface area is 99.9 Å². The van der Waals surface area contributed by atoms with Crippen LogP contribution >= 0.6 is 0 Å². The van der Waals surface area contributed by atoms with Gasteiger partial charge in [-0.1, -0.05) is 6.92 Å². The third kappa shape index (κ3) is 3.63. The molecule has 0 fully saturated rings.